The molecule has 0 aliphatic heterocycles. The van der Waals surface area contributed by atoms with E-state index >= 15 is 0 Å². The van der Waals surface area contributed by atoms with E-state index in [0.717, 1.165) is 5.69 Å². The van der Waals surface area contributed by atoms with Crippen molar-refractivity contribution in [2.45, 2.75) is 0 Å². The molecule has 0 aliphatic rings. The Hall–Kier alpha value is -2.63. The van der Waals surface area contributed by atoms with Gasteiger partial charge in [-0.3, -0.25) is 0 Å². The van der Waals surface area contributed by atoms with Gasteiger partial charge < -0.3 is 11.1 Å². The van der Waals surface area contributed by atoms with Crippen LogP contribution in [0.2, 0.25) is 0 Å². The first-order valence-electron chi connectivity index (χ1n) is 5.35. The lowest BCUT2D eigenvalue weighted by Crippen LogP contribution is -1.94. The summed E-state index contributed by atoms with van der Waals surface area (Å²) < 4.78 is 14.4. The van der Waals surface area contributed by atoms with Crippen LogP contribution < -0.4 is 11.1 Å². The van der Waals surface area contributed by atoms with Crippen molar-refractivity contribution < 1.29 is 4.39 Å². The van der Waals surface area contributed by atoms with Crippen LogP contribution >= 0.6 is 0 Å². The molecular weight excluding hydrogens is 233 g/mol. The van der Waals surface area contributed by atoms with E-state index < -0.39 is 0 Å². The van der Waals surface area contributed by atoms with Crippen LogP contribution in [0.3, 0.4) is 0 Å². The van der Waals surface area contributed by atoms with Crippen molar-refractivity contribution in [2.24, 2.45) is 0 Å². The fraction of sp³-hybridized carbons (Fsp3) is 0. The van der Waals surface area contributed by atoms with Gasteiger partial charge in [-0.1, -0.05) is 0 Å². The highest BCUT2D eigenvalue weighted by Gasteiger charge is 2.04. The van der Waals surface area contributed by atoms with Crippen LogP contribution in [0.1, 0.15) is 0 Å². The summed E-state index contributed by atoms with van der Waals surface area (Å²) in [6.45, 7) is 0. The molecule has 2 aromatic heterocycles. The summed E-state index contributed by atoms with van der Waals surface area (Å²) in [6.07, 6.45) is 1.27. The fourth-order valence-electron chi connectivity index (χ4n) is 1.61. The topological polar surface area (TPSA) is 68.2 Å². The van der Waals surface area contributed by atoms with E-state index in [0.29, 0.717) is 17.3 Å². The Bertz CT molecular complexity index is 689. The number of nitrogen functional groups attached to an aromatic ring is 1. The number of halogens is 1. The normalized spacial score (nSPS) is 10.7. The Kier molecular flexibility index (Phi) is 2.33. The van der Waals surface area contributed by atoms with Crippen LogP contribution in [-0.4, -0.2) is 14.6 Å². The lowest BCUT2D eigenvalue weighted by Gasteiger charge is -2.00. The second-order valence-corrected chi connectivity index (χ2v) is 3.83. The van der Waals surface area contributed by atoms with Gasteiger partial charge in [-0.25, -0.2) is 8.91 Å². The van der Waals surface area contributed by atoms with Gasteiger partial charge in [-0.05, 0) is 36.4 Å². The first-order chi connectivity index (χ1) is 8.70. The lowest BCUT2D eigenvalue weighted by molar-refractivity contribution is 0.615. The molecule has 0 aliphatic carbocycles. The molecule has 5 nitrogen and oxygen atoms in total. The van der Waals surface area contributed by atoms with Gasteiger partial charge in [0.2, 0.25) is 5.95 Å². The molecule has 90 valence electrons. The molecule has 3 rings (SSSR count). The molecule has 0 radical (unpaired) electrons. The fourth-order valence-corrected chi connectivity index (χ4v) is 1.61. The Morgan fingerprint density at radius 3 is 2.67 bits per heavy atom. The molecule has 0 saturated carbocycles. The molecular formula is C12H10FN5. The van der Waals surface area contributed by atoms with Gasteiger partial charge in [0.15, 0.2) is 5.65 Å². The number of nitrogens with two attached hydrogens (primary N) is 1. The van der Waals surface area contributed by atoms with E-state index in [1.165, 1.54) is 16.8 Å². The van der Waals surface area contributed by atoms with Crippen molar-refractivity contribution in [1.29, 1.82) is 0 Å². The minimum absolute atomic E-state index is 0.355. The Morgan fingerprint density at radius 1 is 1.11 bits per heavy atom. The number of aromatic nitrogens is 3. The van der Waals surface area contributed by atoms with Crippen molar-refractivity contribution in [3.63, 3.8) is 0 Å². The van der Waals surface area contributed by atoms with E-state index in [4.69, 9.17) is 5.73 Å². The van der Waals surface area contributed by atoms with Crippen LogP contribution in [0.5, 0.6) is 0 Å². The Labute approximate surface area is 102 Å². The monoisotopic (exact) mass is 243 g/mol. The summed E-state index contributed by atoms with van der Waals surface area (Å²) in [7, 11) is 0. The first-order valence-corrected chi connectivity index (χ1v) is 5.35. The molecule has 0 amide bonds. The van der Waals surface area contributed by atoms with Gasteiger partial charge in [0.05, 0.1) is 6.20 Å². The molecule has 18 heavy (non-hydrogen) atoms. The molecule has 6 heteroatoms. The van der Waals surface area contributed by atoms with Crippen LogP contribution in [0, 0.1) is 5.82 Å². The number of fused-ring (bicyclic) bond motifs is 1. The molecule has 0 spiro atoms. The van der Waals surface area contributed by atoms with Crippen molar-refractivity contribution in [1.82, 2.24) is 14.6 Å². The maximum Gasteiger partial charge on any atom is 0.247 e. The molecule has 0 fully saturated rings. The third-order valence-electron chi connectivity index (χ3n) is 2.46. The molecule has 1 aromatic carbocycles. The maximum absolute atomic E-state index is 13.0. The van der Waals surface area contributed by atoms with Crippen molar-refractivity contribution in [3.05, 3.63) is 48.4 Å². The zero-order valence-corrected chi connectivity index (χ0v) is 9.34. The number of anilines is 3. The number of nitrogens with one attached hydrogen (secondary N) is 1. The van der Waals surface area contributed by atoms with E-state index in [1.807, 2.05) is 12.1 Å². The van der Waals surface area contributed by atoms with Crippen LogP contribution in [0.15, 0.2) is 42.6 Å². The molecule has 0 unspecified atom stereocenters. The predicted octanol–water partition coefficient (Wildman–Crippen LogP) is 2.19. The second-order valence-electron chi connectivity index (χ2n) is 3.83. The number of nitrogens with zero attached hydrogens (tertiary/aromatic N) is 3. The average molecular weight is 243 g/mol. The van der Waals surface area contributed by atoms with Gasteiger partial charge in [0.25, 0.3) is 0 Å². The maximum atomic E-state index is 13.0. The second kappa shape index (κ2) is 3.99. The summed E-state index contributed by atoms with van der Waals surface area (Å²) in [6, 6.07) is 10.1. The molecule has 2 heterocycles. The molecule has 0 bridgehead atoms. The lowest BCUT2D eigenvalue weighted by atomic mass is 10.3. The van der Waals surface area contributed by atoms with Crippen molar-refractivity contribution in [3.8, 4) is 0 Å². The molecule has 3 aromatic rings. The Balaban J connectivity index is 1.92. The summed E-state index contributed by atoms with van der Waals surface area (Å²) >= 11 is 0. The Morgan fingerprint density at radius 2 is 1.89 bits per heavy atom. The summed E-state index contributed by atoms with van der Waals surface area (Å²) in [5.41, 5.74) is 7.68. The zero-order chi connectivity index (χ0) is 12.5. The van der Waals surface area contributed by atoms with Crippen molar-refractivity contribution >= 4 is 23.0 Å². The summed E-state index contributed by atoms with van der Waals surface area (Å²) in [5.74, 6) is 0.0526. The SMILES string of the molecule is Nc1ccc(Nc2nc3ccc(F)cn3n2)cc1. The minimum atomic E-state index is -0.355. The average Bonchev–Trinajstić information content (AvgIpc) is 2.73. The number of hydrogen-bond acceptors (Lipinski definition) is 4. The summed E-state index contributed by atoms with van der Waals surface area (Å²) in [4.78, 5) is 4.21. The smallest absolute Gasteiger partial charge is 0.247 e. The third kappa shape index (κ3) is 1.95. The van der Waals surface area contributed by atoms with E-state index in [9.17, 15) is 4.39 Å². The molecule has 0 atom stereocenters. The van der Waals surface area contributed by atoms with Gasteiger partial charge in [-0.15, -0.1) is 5.10 Å². The van der Waals surface area contributed by atoms with Crippen LogP contribution in [0.4, 0.5) is 21.7 Å². The number of rotatable bonds is 2. The first kappa shape index (κ1) is 10.5. The van der Waals surface area contributed by atoms with E-state index in [2.05, 4.69) is 15.4 Å². The standard InChI is InChI=1S/C12H10FN5/c13-8-1-6-11-16-12(17-18(11)7-8)15-10-4-2-9(14)3-5-10/h1-7H,14H2,(H,15,17). The van der Waals surface area contributed by atoms with Gasteiger partial charge in [0, 0.05) is 11.4 Å². The van der Waals surface area contributed by atoms with Crippen LogP contribution in [0.25, 0.3) is 5.65 Å². The number of benzene rings is 1. The number of pyridine rings is 1. The van der Waals surface area contributed by atoms with Gasteiger partial charge in [0.1, 0.15) is 5.82 Å². The largest absolute Gasteiger partial charge is 0.399 e. The van der Waals surface area contributed by atoms with E-state index in [-0.39, 0.29) is 5.82 Å². The minimum Gasteiger partial charge on any atom is -0.399 e. The summed E-state index contributed by atoms with van der Waals surface area (Å²) in [5, 5.41) is 7.13. The predicted molar refractivity (Wildman–Crippen MR) is 67.1 cm³/mol. The molecule has 0 saturated heterocycles. The highest BCUT2D eigenvalue weighted by molar-refractivity contribution is 5.58. The highest BCUT2D eigenvalue weighted by Crippen LogP contribution is 2.15. The number of hydrogen-bond donors (Lipinski definition) is 2. The highest BCUT2D eigenvalue weighted by atomic mass is 19.1. The van der Waals surface area contributed by atoms with E-state index in [1.54, 1.807) is 18.2 Å². The van der Waals surface area contributed by atoms with Crippen LogP contribution in [-0.2, 0) is 0 Å². The quantitative estimate of drug-likeness (QED) is 0.677. The zero-order valence-electron chi connectivity index (χ0n) is 9.34. The van der Waals surface area contributed by atoms with Gasteiger partial charge >= 0.3 is 0 Å². The van der Waals surface area contributed by atoms with Crippen molar-refractivity contribution in [2.75, 3.05) is 11.1 Å². The van der Waals surface area contributed by atoms with Gasteiger partial charge in [-0.2, -0.15) is 4.98 Å². The third-order valence-corrected chi connectivity index (χ3v) is 2.46. The molecule has 3 N–H and O–H groups in total.